The molecule has 2 heterocycles. The van der Waals surface area contributed by atoms with Gasteiger partial charge in [0.2, 0.25) is 11.8 Å². The Morgan fingerprint density at radius 1 is 0.868 bits per heavy atom. The molecule has 9 nitrogen and oxygen atoms in total. The maximum atomic E-state index is 12.9. The molecule has 0 bridgehead atoms. The first kappa shape index (κ1) is 27.0. The number of nitrogens with zero attached hydrogens (tertiary/aromatic N) is 4. The maximum absolute atomic E-state index is 12.9. The van der Waals surface area contributed by atoms with Crippen LogP contribution in [0, 0.1) is 0 Å². The molecule has 2 amide bonds. The summed E-state index contributed by atoms with van der Waals surface area (Å²) < 4.78 is 0. The minimum atomic E-state index is -0.107. The Morgan fingerprint density at radius 3 is 2.24 bits per heavy atom. The lowest BCUT2D eigenvalue weighted by atomic mass is 10.2. The minimum absolute atomic E-state index is 0.0862. The van der Waals surface area contributed by atoms with Crippen LogP contribution < -0.4 is 16.0 Å². The number of carbonyl (C=O) groups is 2. The molecule has 0 saturated carbocycles. The minimum Gasteiger partial charge on any atom is -0.368 e. The number of aromatic nitrogens is 2. The van der Waals surface area contributed by atoms with Gasteiger partial charge in [0, 0.05) is 64.4 Å². The Bertz CT molecular complexity index is 1210. The summed E-state index contributed by atoms with van der Waals surface area (Å²) in [5, 5.41) is 8.89. The molecule has 1 aliphatic heterocycles. The lowest BCUT2D eigenvalue weighted by molar-refractivity contribution is -0.119. The summed E-state index contributed by atoms with van der Waals surface area (Å²) in [5.41, 5.74) is 2.06. The van der Waals surface area contributed by atoms with Crippen LogP contribution in [0.4, 0.5) is 11.6 Å². The molecule has 0 spiro atoms. The van der Waals surface area contributed by atoms with E-state index in [0.717, 1.165) is 38.3 Å². The van der Waals surface area contributed by atoms with Gasteiger partial charge in [0.1, 0.15) is 11.6 Å². The number of hydrogen-bond donors (Lipinski definition) is 3. The van der Waals surface area contributed by atoms with Gasteiger partial charge in [0.25, 0.3) is 0 Å². The van der Waals surface area contributed by atoms with E-state index in [0.29, 0.717) is 37.1 Å². The first-order chi connectivity index (χ1) is 18.5. The largest absolute Gasteiger partial charge is 0.368 e. The summed E-state index contributed by atoms with van der Waals surface area (Å²) >= 11 is 0. The van der Waals surface area contributed by atoms with E-state index in [1.165, 1.54) is 12.5 Å². The van der Waals surface area contributed by atoms with Crippen molar-refractivity contribution in [1.82, 2.24) is 25.1 Å². The molecule has 4 rings (SSSR count). The van der Waals surface area contributed by atoms with Crippen molar-refractivity contribution >= 4 is 29.5 Å². The predicted molar refractivity (Wildman–Crippen MR) is 152 cm³/mol. The number of amides is 2. The Balaban J connectivity index is 1.30. The highest BCUT2D eigenvalue weighted by Crippen LogP contribution is 2.20. The van der Waals surface area contributed by atoms with Crippen LogP contribution in [0.1, 0.15) is 12.5 Å². The van der Waals surface area contributed by atoms with Crippen molar-refractivity contribution in [3.63, 3.8) is 0 Å². The van der Waals surface area contributed by atoms with Crippen molar-refractivity contribution in [1.29, 1.82) is 0 Å². The Labute approximate surface area is 224 Å². The molecule has 1 aliphatic rings. The van der Waals surface area contributed by atoms with Crippen molar-refractivity contribution < 1.29 is 9.59 Å². The molecule has 198 valence electrons. The van der Waals surface area contributed by atoms with Crippen LogP contribution in [0.3, 0.4) is 0 Å². The van der Waals surface area contributed by atoms with Crippen molar-refractivity contribution in [2.45, 2.75) is 6.92 Å². The zero-order chi connectivity index (χ0) is 26.6. The molecule has 0 radical (unpaired) electrons. The lowest BCUT2D eigenvalue weighted by Gasteiger charge is -2.33. The second-order valence-corrected chi connectivity index (χ2v) is 9.18. The zero-order valence-electron chi connectivity index (χ0n) is 21.8. The fourth-order valence-electron chi connectivity index (χ4n) is 4.16. The zero-order valence-corrected chi connectivity index (χ0v) is 21.8. The van der Waals surface area contributed by atoms with Gasteiger partial charge in [-0.2, -0.15) is 0 Å². The summed E-state index contributed by atoms with van der Waals surface area (Å²) in [5.74, 6) is 1.34. The molecular weight excluding hydrogens is 478 g/mol. The van der Waals surface area contributed by atoms with Crippen LogP contribution >= 0.6 is 0 Å². The normalized spacial score (nSPS) is 14.3. The van der Waals surface area contributed by atoms with Gasteiger partial charge < -0.3 is 16.0 Å². The third kappa shape index (κ3) is 8.79. The van der Waals surface area contributed by atoms with Crippen LogP contribution in [0.25, 0.3) is 17.5 Å². The number of benzene rings is 2. The van der Waals surface area contributed by atoms with Crippen molar-refractivity contribution in [3.8, 4) is 11.4 Å². The highest BCUT2D eigenvalue weighted by Gasteiger charge is 2.19. The molecule has 9 heteroatoms. The van der Waals surface area contributed by atoms with Crippen LogP contribution in [-0.2, 0) is 9.59 Å². The van der Waals surface area contributed by atoms with Gasteiger partial charge in [-0.1, -0.05) is 72.8 Å². The maximum Gasteiger partial charge on any atom is 0.239 e. The molecule has 3 aromatic rings. The lowest BCUT2D eigenvalue weighted by Crippen LogP contribution is -2.48. The van der Waals surface area contributed by atoms with Gasteiger partial charge in [-0.25, -0.2) is 9.97 Å². The topological polar surface area (TPSA) is 102 Å². The van der Waals surface area contributed by atoms with E-state index in [1.807, 2.05) is 48.5 Å². The van der Waals surface area contributed by atoms with Crippen molar-refractivity contribution in [3.05, 3.63) is 78.4 Å². The van der Waals surface area contributed by atoms with Gasteiger partial charge in [0.15, 0.2) is 5.82 Å². The van der Waals surface area contributed by atoms with E-state index in [1.54, 1.807) is 6.07 Å². The smallest absolute Gasteiger partial charge is 0.239 e. The number of nitrogens with one attached hydrogen (secondary N) is 3. The quantitative estimate of drug-likeness (QED) is 0.339. The van der Waals surface area contributed by atoms with E-state index in [-0.39, 0.29) is 11.8 Å². The first-order valence-corrected chi connectivity index (χ1v) is 12.9. The molecule has 3 N–H and O–H groups in total. The van der Waals surface area contributed by atoms with Gasteiger partial charge in [-0.15, -0.1) is 0 Å². The summed E-state index contributed by atoms with van der Waals surface area (Å²) in [4.78, 5) is 37.7. The standard InChI is InChI=1S/C29H35N7O2/c1-23(37)30-14-15-31-26-21-27(34-29(33-26)25-12-6-3-7-13-25)32-28(38)22-36-19-17-35(18-20-36)16-8-11-24-9-4-2-5-10-24/h2-13,21H,14-20,22H2,1H3,(H,30,37)(H2,31,32,33,34,38)/b11-8+. The number of hydrogen-bond acceptors (Lipinski definition) is 7. The van der Waals surface area contributed by atoms with Crippen molar-refractivity contribution in [2.24, 2.45) is 0 Å². The van der Waals surface area contributed by atoms with Crippen LogP contribution in [0.15, 0.2) is 72.8 Å². The van der Waals surface area contributed by atoms with E-state index >= 15 is 0 Å². The van der Waals surface area contributed by atoms with E-state index in [9.17, 15) is 9.59 Å². The fourth-order valence-corrected chi connectivity index (χ4v) is 4.16. The molecular formula is C29H35N7O2. The summed E-state index contributed by atoms with van der Waals surface area (Å²) in [6.45, 7) is 7.16. The molecule has 1 aromatic heterocycles. The van der Waals surface area contributed by atoms with Crippen molar-refractivity contribution in [2.75, 3.05) is 63.0 Å². The molecule has 1 saturated heterocycles. The van der Waals surface area contributed by atoms with Crippen LogP contribution in [0.5, 0.6) is 0 Å². The molecule has 0 unspecified atom stereocenters. The number of piperazine rings is 1. The van der Waals surface area contributed by atoms with Gasteiger partial charge in [-0.3, -0.25) is 19.4 Å². The van der Waals surface area contributed by atoms with Gasteiger partial charge in [-0.05, 0) is 5.56 Å². The van der Waals surface area contributed by atoms with E-state index in [4.69, 9.17) is 0 Å². The highest BCUT2D eigenvalue weighted by atomic mass is 16.2. The SMILES string of the molecule is CC(=O)NCCNc1cc(NC(=O)CN2CCN(C/C=C/c3ccccc3)CC2)nc(-c2ccccc2)n1. The Kier molecular flexibility index (Phi) is 9.95. The number of carbonyl (C=O) groups excluding carboxylic acids is 2. The third-order valence-electron chi connectivity index (χ3n) is 6.14. The molecule has 0 atom stereocenters. The van der Waals surface area contributed by atoms with Crippen LogP contribution in [-0.4, -0.2) is 83.9 Å². The first-order valence-electron chi connectivity index (χ1n) is 12.9. The second-order valence-electron chi connectivity index (χ2n) is 9.18. The monoisotopic (exact) mass is 513 g/mol. The Morgan fingerprint density at radius 2 is 1.53 bits per heavy atom. The average Bonchev–Trinajstić information content (AvgIpc) is 2.93. The average molecular weight is 514 g/mol. The molecule has 38 heavy (non-hydrogen) atoms. The molecule has 0 aliphatic carbocycles. The summed E-state index contributed by atoms with van der Waals surface area (Å²) in [7, 11) is 0. The highest BCUT2D eigenvalue weighted by molar-refractivity contribution is 5.92. The summed E-state index contributed by atoms with van der Waals surface area (Å²) in [6.07, 6.45) is 4.34. The van der Waals surface area contributed by atoms with Gasteiger partial charge >= 0.3 is 0 Å². The van der Waals surface area contributed by atoms with Crippen LogP contribution in [0.2, 0.25) is 0 Å². The third-order valence-corrected chi connectivity index (χ3v) is 6.14. The second kappa shape index (κ2) is 14.0. The molecule has 1 fully saturated rings. The van der Waals surface area contributed by atoms with Gasteiger partial charge in [0.05, 0.1) is 6.54 Å². The molecule has 2 aromatic carbocycles. The Hall–Kier alpha value is -4.08. The summed E-state index contributed by atoms with van der Waals surface area (Å²) in [6, 6.07) is 21.6. The fraction of sp³-hybridized carbons (Fsp3) is 0.310. The predicted octanol–water partition coefficient (Wildman–Crippen LogP) is 2.96. The van der Waals surface area contributed by atoms with E-state index < -0.39 is 0 Å². The number of rotatable bonds is 11. The number of anilines is 2. The van der Waals surface area contributed by atoms with E-state index in [2.05, 4.69) is 60.0 Å².